The second-order valence-electron chi connectivity index (χ2n) is 6.51. The van der Waals surface area contributed by atoms with E-state index in [-0.39, 0.29) is 0 Å². The lowest BCUT2D eigenvalue weighted by Gasteiger charge is -2.07. The number of imidazole rings is 2. The van der Waals surface area contributed by atoms with E-state index in [1.165, 1.54) is 0 Å². The molecule has 29 heavy (non-hydrogen) atoms. The number of benzene rings is 2. The average Bonchev–Trinajstić information content (AvgIpc) is 3.55. The van der Waals surface area contributed by atoms with E-state index in [2.05, 4.69) is 51.5 Å². The molecule has 0 amide bonds. The Morgan fingerprint density at radius 3 is 2.38 bits per heavy atom. The van der Waals surface area contributed by atoms with Crippen LogP contribution in [0.3, 0.4) is 0 Å². The molecule has 0 saturated carbocycles. The highest BCUT2D eigenvalue weighted by atomic mass is 32.1. The predicted molar refractivity (Wildman–Crippen MR) is 116 cm³/mol. The van der Waals surface area contributed by atoms with Crippen molar-refractivity contribution >= 4 is 11.3 Å². The maximum absolute atomic E-state index is 5.29. The Balaban J connectivity index is 1.57. The Hall–Kier alpha value is -3.64. The molecule has 0 aliphatic rings. The van der Waals surface area contributed by atoms with Crippen molar-refractivity contribution in [2.75, 3.05) is 7.11 Å². The highest BCUT2D eigenvalue weighted by molar-refractivity contribution is 7.13. The summed E-state index contributed by atoms with van der Waals surface area (Å²) in [7, 11) is 1.68. The SMILES string of the molecule is COc1ccc(-n2cc(-c3ccc(-n4ccnc4)cc3)nc2-c2cccs2)cc1. The maximum Gasteiger partial charge on any atom is 0.155 e. The van der Waals surface area contributed by atoms with Gasteiger partial charge < -0.3 is 9.30 Å². The van der Waals surface area contributed by atoms with Gasteiger partial charge in [-0.25, -0.2) is 9.97 Å². The molecular formula is C23H18N4OS. The van der Waals surface area contributed by atoms with Crippen LogP contribution >= 0.6 is 11.3 Å². The van der Waals surface area contributed by atoms with Crippen LogP contribution in [0.4, 0.5) is 0 Å². The Kier molecular flexibility index (Phi) is 4.46. The predicted octanol–water partition coefficient (Wildman–Crippen LogP) is 5.46. The van der Waals surface area contributed by atoms with E-state index in [1.807, 2.05) is 41.1 Å². The maximum atomic E-state index is 5.29. The average molecular weight is 398 g/mol. The largest absolute Gasteiger partial charge is 0.497 e. The van der Waals surface area contributed by atoms with Crippen molar-refractivity contribution in [2.45, 2.75) is 0 Å². The van der Waals surface area contributed by atoms with Gasteiger partial charge >= 0.3 is 0 Å². The van der Waals surface area contributed by atoms with E-state index in [0.717, 1.165) is 39.1 Å². The molecule has 2 aromatic carbocycles. The van der Waals surface area contributed by atoms with Crippen LogP contribution in [0.25, 0.3) is 33.3 Å². The molecule has 0 aliphatic heterocycles. The van der Waals surface area contributed by atoms with Gasteiger partial charge in [0.1, 0.15) is 5.75 Å². The van der Waals surface area contributed by atoms with Gasteiger partial charge in [0.05, 0.1) is 24.0 Å². The van der Waals surface area contributed by atoms with Crippen LogP contribution in [-0.4, -0.2) is 26.2 Å². The second kappa shape index (κ2) is 7.41. The number of thiophene rings is 1. The van der Waals surface area contributed by atoms with E-state index >= 15 is 0 Å². The van der Waals surface area contributed by atoms with Gasteiger partial charge in [0.25, 0.3) is 0 Å². The standard InChI is InChI=1S/C23H18N4OS/c1-28-20-10-8-19(9-11-20)27-15-21(25-23(27)22-3-2-14-29-22)17-4-6-18(7-5-17)26-13-12-24-16-26/h2-16H,1H3. The Labute approximate surface area is 172 Å². The first-order chi connectivity index (χ1) is 14.3. The zero-order chi connectivity index (χ0) is 19.6. The third-order valence-electron chi connectivity index (χ3n) is 4.76. The summed E-state index contributed by atoms with van der Waals surface area (Å²) in [5.74, 6) is 1.76. The fourth-order valence-corrected chi connectivity index (χ4v) is 3.97. The number of rotatable bonds is 5. The summed E-state index contributed by atoms with van der Waals surface area (Å²) in [6.45, 7) is 0. The molecule has 0 aliphatic carbocycles. The minimum Gasteiger partial charge on any atom is -0.497 e. The zero-order valence-electron chi connectivity index (χ0n) is 15.8. The molecule has 5 rings (SSSR count). The number of hydrogen-bond donors (Lipinski definition) is 0. The van der Waals surface area contributed by atoms with E-state index < -0.39 is 0 Å². The Bertz CT molecular complexity index is 1210. The smallest absolute Gasteiger partial charge is 0.155 e. The van der Waals surface area contributed by atoms with Crippen molar-refractivity contribution in [3.8, 4) is 39.1 Å². The molecule has 5 aromatic rings. The van der Waals surface area contributed by atoms with Crippen molar-refractivity contribution in [1.29, 1.82) is 0 Å². The topological polar surface area (TPSA) is 44.9 Å². The summed E-state index contributed by atoms with van der Waals surface area (Å²) in [4.78, 5) is 10.2. The van der Waals surface area contributed by atoms with Crippen LogP contribution in [0.5, 0.6) is 5.75 Å². The van der Waals surface area contributed by atoms with E-state index in [9.17, 15) is 0 Å². The Morgan fingerprint density at radius 2 is 1.72 bits per heavy atom. The molecule has 0 radical (unpaired) electrons. The molecule has 3 heterocycles. The van der Waals surface area contributed by atoms with Crippen molar-refractivity contribution in [2.24, 2.45) is 0 Å². The van der Waals surface area contributed by atoms with Crippen molar-refractivity contribution in [3.63, 3.8) is 0 Å². The van der Waals surface area contributed by atoms with Crippen LogP contribution in [0.2, 0.25) is 0 Å². The zero-order valence-corrected chi connectivity index (χ0v) is 16.6. The second-order valence-corrected chi connectivity index (χ2v) is 7.46. The molecule has 0 fully saturated rings. The number of methoxy groups -OCH3 is 1. The van der Waals surface area contributed by atoms with Gasteiger partial charge in [-0.1, -0.05) is 18.2 Å². The third kappa shape index (κ3) is 3.34. The molecule has 0 bridgehead atoms. The number of nitrogens with zero attached hydrogens (tertiary/aromatic N) is 4. The molecule has 0 atom stereocenters. The highest BCUT2D eigenvalue weighted by Crippen LogP contribution is 2.31. The lowest BCUT2D eigenvalue weighted by Crippen LogP contribution is -1.95. The van der Waals surface area contributed by atoms with Gasteiger partial charge in [-0.2, -0.15) is 0 Å². The van der Waals surface area contributed by atoms with Crippen molar-refractivity contribution < 1.29 is 4.74 Å². The molecule has 6 heteroatoms. The lowest BCUT2D eigenvalue weighted by atomic mass is 10.1. The highest BCUT2D eigenvalue weighted by Gasteiger charge is 2.14. The van der Waals surface area contributed by atoms with Gasteiger partial charge in [-0.15, -0.1) is 11.3 Å². The van der Waals surface area contributed by atoms with Crippen LogP contribution in [-0.2, 0) is 0 Å². The molecule has 0 saturated heterocycles. The first-order valence-corrected chi connectivity index (χ1v) is 10.1. The molecule has 0 spiro atoms. The first-order valence-electron chi connectivity index (χ1n) is 9.18. The van der Waals surface area contributed by atoms with Gasteiger partial charge in [0.2, 0.25) is 0 Å². The van der Waals surface area contributed by atoms with Gasteiger partial charge in [0.15, 0.2) is 5.82 Å². The fraction of sp³-hybridized carbons (Fsp3) is 0.0435. The molecular weight excluding hydrogens is 380 g/mol. The quantitative estimate of drug-likeness (QED) is 0.395. The normalized spacial score (nSPS) is 10.9. The minimum absolute atomic E-state index is 0.835. The monoisotopic (exact) mass is 398 g/mol. The van der Waals surface area contributed by atoms with Gasteiger partial charge in [-0.3, -0.25) is 4.57 Å². The Morgan fingerprint density at radius 1 is 0.931 bits per heavy atom. The summed E-state index contributed by atoms with van der Waals surface area (Å²) in [6, 6.07) is 20.5. The molecule has 0 N–H and O–H groups in total. The summed E-state index contributed by atoms with van der Waals surface area (Å²) >= 11 is 1.68. The third-order valence-corrected chi connectivity index (χ3v) is 5.63. The van der Waals surface area contributed by atoms with Crippen LogP contribution < -0.4 is 4.74 Å². The molecule has 0 unspecified atom stereocenters. The molecule has 142 valence electrons. The van der Waals surface area contributed by atoms with E-state index in [0.29, 0.717) is 0 Å². The van der Waals surface area contributed by atoms with E-state index in [4.69, 9.17) is 9.72 Å². The summed E-state index contributed by atoms with van der Waals surface area (Å²) < 4.78 is 9.41. The summed E-state index contributed by atoms with van der Waals surface area (Å²) in [6.07, 6.45) is 7.59. The first kappa shape index (κ1) is 17.5. The van der Waals surface area contributed by atoms with Gasteiger partial charge in [-0.05, 0) is 47.8 Å². The van der Waals surface area contributed by atoms with Crippen molar-refractivity contribution in [3.05, 3.63) is 91.0 Å². The van der Waals surface area contributed by atoms with Crippen molar-refractivity contribution in [1.82, 2.24) is 19.1 Å². The summed E-state index contributed by atoms with van der Waals surface area (Å²) in [5.41, 5.74) is 4.11. The lowest BCUT2D eigenvalue weighted by molar-refractivity contribution is 0.415. The van der Waals surface area contributed by atoms with Crippen LogP contribution in [0.15, 0.2) is 91.0 Å². The van der Waals surface area contributed by atoms with Crippen LogP contribution in [0.1, 0.15) is 0 Å². The van der Waals surface area contributed by atoms with Crippen LogP contribution in [0, 0.1) is 0 Å². The number of hydrogen-bond acceptors (Lipinski definition) is 4. The molecule has 5 nitrogen and oxygen atoms in total. The fourth-order valence-electron chi connectivity index (χ4n) is 3.25. The summed E-state index contributed by atoms with van der Waals surface area (Å²) in [5, 5.41) is 2.07. The molecule has 3 aromatic heterocycles. The number of ether oxygens (including phenoxy) is 1. The van der Waals surface area contributed by atoms with E-state index in [1.54, 1.807) is 31.0 Å². The number of aromatic nitrogens is 4. The minimum atomic E-state index is 0.835. The van der Waals surface area contributed by atoms with Gasteiger partial charge in [0, 0.05) is 35.5 Å².